The number of carbonyl (C=O) groups excluding carboxylic acids is 2. The average molecular weight is 369 g/mol. The number of nitrogens with one attached hydrogen (secondary N) is 2. The second kappa shape index (κ2) is 9.19. The maximum atomic E-state index is 12.6. The number of benzene rings is 2. The summed E-state index contributed by atoms with van der Waals surface area (Å²) in [4.78, 5) is 27.0. The van der Waals surface area contributed by atoms with Gasteiger partial charge in [-0.3, -0.25) is 9.59 Å². The minimum atomic E-state index is -0.483. The highest BCUT2D eigenvalue weighted by Gasteiger charge is 2.24. The summed E-state index contributed by atoms with van der Waals surface area (Å²) in [7, 11) is 4.03. The van der Waals surface area contributed by atoms with Crippen LogP contribution in [0.25, 0.3) is 0 Å². The van der Waals surface area contributed by atoms with Crippen LogP contribution in [0.2, 0.25) is 0 Å². The zero-order valence-electron chi connectivity index (χ0n) is 16.5. The van der Waals surface area contributed by atoms with E-state index in [1.54, 1.807) is 24.3 Å². The highest BCUT2D eigenvalue weighted by atomic mass is 16.2. The lowest BCUT2D eigenvalue weighted by Crippen LogP contribution is -3.15. The molecule has 0 bridgehead atoms. The Morgan fingerprint density at radius 2 is 1.67 bits per heavy atom. The molecule has 6 heteroatoms. The average Bonchev–Trinajstić information content (AvgIpc) is 2.66. The fourth-order valence-electron chi connectivity index (χ4n) is 2.91. The van der Waals surface area contributed by atoms with Gasteiger partial charge in [0.15, 0.2) is 6.04 Å². The Morgan fingerprint density at radius 3 is 2.15 bits per heavy atom. The SMILES string of the molecule is CC[NH+](Cc1ccc(N(C)C)cc1)[C@H](C)C(=O)Nc1ccc(C(N)=O)cc1. The number of nitrogens with two attached hydrogens (primary N) is 1. The van der Waals surface area contributed by atoms with Gasteiger partial charge in [-0.1, -0.05) is 12.1 Å². The van der Waals surface area contributed by atoms with Gasteiger partial charge in [-0.25, -0.2) is 0 Å². The van der Waals surface area contributed by atoms with E-state index in [-0.39, 0.29) is 11.9 Å². The van der Waals surface area contributed by atoms with Crippen molar-refractivity contribution in [3.63, 3.8) is 0 Å². The van der Waals surface area contributed by atoms with Gasteiger partial charge in [0.05, 0.1) is 6.54 Å². The molecular formula is C21H29N4O2+. The number of likely N-dealkylation sites (N-methyl/N-ethyl adjacent to an activating group) is 1. The molecule has 2 aromatic rings. The van der Waals surface area contributed by atoms with Crippen LogP contribution in [0.1, 0.15) is 29.8 Å². The Morgan fingerprint density at radius 1 is 1.07 bits per heavy atom. The minimum absolute atomic E-state index is 0.0522. The maximum absolute atomic E-state index is 12.6. The number of amides is 2. The van der Waals surface area contributed by atoms with Gasteiger partial charge >= 0.3 is 0 Å². The van der Waals surface area contributed by atoms with Crippen molar-refractivity contribution in [3.05, 3.63) is 59.7 Å². The summed E-state index contributed by atoms with van der Waals surface area (Å²) in [6.45, 7) is 5.62. The van der Waals surface area contributed by atoms with Crippen LogP contribution in [0.5, 0.6) is 0 Å². The van der Waals surface area contributed by atoms with Crippen molar-refractivity contribution in [2.45, 2.75) is 26.4 Å². The molecule has 0 saturated heterocycles. The highest BCUT2D eigenvalue weighted by molar-refractivity contribution is 5.95. The van der Waals surface area contributed by atoms with E-state index in [0.717, 1.165) is 18.8 Å². The Hall–Kier alpha value is -2.86. The van der Waals surface area contributed by atoms with E-state index < -0.39 is 5.91 Å². The van der Waals surface area contributed by atoms with Gasteiger partial charge in [0, 0.05) is 36.6 Å². The van der Waals surface area contributed by atoms with Crippen LogP contribution in [-0.4, -0.2) is 38.5 Å². The number of anilines is 2. The molecule has 0 fully saturated rings. The number of quaternary nitrogens is 1. The number of hydrogen-bond donors (Lipinski definition) is 3. The standard InChI is InChI=1S/C21H28N4O2/c1-5-25(14-16-6-12-19(13-7-16)24(3)4)15(2)21(27)23-18-10-8-17(9-11-18)20(22)26/h6-13,15H,5,14H2,1-4H3,(H2,22,26)(H,23,27)/p+1/t15-/m1/s1. The highest BCUT2D eigenvalue weighted by Crippen LogP contribution is 2.12. The first kappa shape index (κ1) is 20.5. The van der Waals surface area contributed by atoms with Crippen molar-refractivity contribution in [1.29, 1.82) is 0 Å². The van der Waals surface area contributed by atoms with Gasteiger partial charge in [0.25, 0.3) is 5.91 Å². The first-order valence-corrected chi connectivity index (χ1v) is 9.13. The van der Waals surface area contributed by atoms with Gasteiger partial charge < -0.3 is 20.9 Å². The Balaban J connectivity index is 2.00. The zero-order chi connectivity index (χ0) is 20.0. The molecule has 2 amide bonds. The van der Waals surface area contributed by atoms with Gasteiger partial charge in [-0.05, 0) is 50.2 Å². The van der Waals surface area contributed by atoms with Crippen molar-refractivity contribution in [1.82, 2.24) is 0 Å². The summed E-state index contributed by atoms with van der Waals surface area (Å²) in [6.07, 6.45) is 0. The molecule has 2 rings (SSSR count). The molecule has 2 atom stereocenters. The number of nitrogens with zero attached hydrogens (tertiary/aromatic N) is 1. The molecule has 6 nitrogen and oxygen atoms in total. The number of rotatable bonds is 8. The molecule has 0 aliphatic carbocycles. The van der Waals surface area contributed by atoms with Crippen LogP contribution in [0, 0.1) is 0 Å². The van der Waals surface area contributed by atoms with Gasteiger partial charge in [0.1, 0.15) is 6.54 Å². The molecule has 0 saturated carbocycles. The van der Waals surface area contributed by atoms with Gasteiger partial charge in [-0.2, -0.15) is 0 Å². The predicted octanol–water partition coefficient (Wildman–Crippen LogP) is 1.28. The van der Waals surface area contributed by atoms with E-state index in [4.69, 9.17) is 5.73 Å². The molecule has 0 radical (unpaired) electrons. The molecule has 0 aliphatic heterocycles. The topological polar surface area (TPSA) is 79.9 Å². The minimum Gasteiger partial charge on any atom is -0.378 e. The van der Waals surface area contributed by atoms with E-state index in [1.165, 1.54) is 10.5 Å². The number of primary amides is 1. The van der Waals surface area contributed by atoms with Crippen molar-refractivity contribution in [3.8, 4) is 0 Å². The molecule has 0 aliphatic rings. The summed E-state index contributed by atoms with van der Waals surface area (Å²) in [6, 6.07) is 14.8. The quantitative estimate of drug-likeness (QED) is 0.656. The van der Waals surface area contributed by atoms with Gasteiger partial charge in [0.2, 0.25) is 5.91 Å². The fourth-order valence-corrected chi connectivity index (χ4v) is 2.91. The van der Waals surface area contributed by atoms with Crippen molar-refractivity contribution in [2.75, 3.05) is 30.9 Å². The molecule has 0 spiro atoms. The van der Waals surface area contributed by atoms with E-state index in [2.05, 4.69) is 41.4 Å². The lowest BCUT2D eigenvalue weighted by Gasteiger charge is -2.24. The Labute approximate surface area is 161 Å². The van der Waals surface area contributed by atoms with Crippen LogP contribution >= 0.6 is 0 Å². The molecule has 144 valence electrons. The molecule has 27 heavy (non-hydrogen) atoms. The molecular weight excluding hydrogens is 340 g/mol. The van der Waals surface area contributed by atoms with E-state index in [1.807, 2.05) is 21.0 Å². The zero-order valence-corrected chi connectivity index (χ0v) is 16.5. The normalized spacial score (nSPS) is 12.9. The number of hydrogen-bond acceptors (Lipinski definition) is 3. The van der Waals surface area contributed by atoms with Crippen LogP contribution in [-0.2, 0) is 11.3 Å². The second-order valence-electron chi connectivity index (χ2n) is 6.90. The van der Waals surface area contributed by atoms with Crippen LogP contribution in [0.4, 0.5) is 11.4 Å². The van der Waals surface area contributed by atoms with E-state index >= 15 is 0 Å². The maximum Gasteiger partial charge on any atom is 0.282 e. The lowest BCUT2D eigenvalue weighted by molar-refractivity contribution is -0.925. The lowest BCUT2D eigenvalue weighted by atomic mass is 10.1. The molecule has 4 N–H and O–H groups in total. The summed E-state index contributed by atoms with van der Waals surface area (Å²) < 4.78 is 0. The predicted molar refractivity (Wildman–Crippen MR) is 109 cm³/mol. The molecule has 1 unspecified atom stereocenters. The fraction of sp³-hybridized carbons (Fsp3) is 0.333. The Bertz CT molecular complexity index is 770. The summed E-state index contributed by atoms with van der Waals surface area (Å²) in [5.74, 6) is -0.535. The number of carbonyl (C=O) groups is 2. The Kier molecular flexibility index (Phi) is 6.96. The van der Waals surface area contributed by atoms with Crippen LogP contribution in [0.15, 0.2) is 48.5 Å². The smallest absolute Gasteiger partial charge is 0.282 e. The van der Waals surface area contributed by atoms with Crippen molar-refractivity contribution in [2.24, 2.45) is 5.73 Å². The largest absolute Gasteiger partial charge is 0.378 e. The molecule has 0 heterocycles. The third-order valence-corrected chi connectivity index (χ3v) is 4.78. The van der Waals surface area contributed by atoms with E-state index in [9.17, 15) is 9.59 Å². The summed E-state index contributed by atoms with van der Waals surface area (Å²) in [5.41, 5.74) is 8.66. The van der Waals surface area contributed by atoms with Crippen LogP contribution in [0.3, 0.4) is 0 Å². The summed E-state index contributed by atoms with van der Waals surface area (Å²) >= 11 is 0. The second-order valence-corrected chi connectivity index (χ2v) is 6.90. The first-order chi connectivity index (χ1) is 12.8. The van der Waals surface area contributed by atoms with Crippen LogP contribution < -0.4 is 20.9 Å². The third kappa shape index (κ3) is 5.56. The first-order valence-electron chi connectivity index (χ1n) is 9.13. The third-order valence-electron chi connectivity index (χ3n) is 4.78. The summed E-state index contributed by atoms with van der Waals surface area (Å²) in [5, 5.41) is 2.91. The van der Waals surface area contributed by atoms with Crippen molar-refractivity contribution < 1.29 is 14.5 Å². The monoisotopic (exact) mass is 369 g/mol. The van der Waals surface area contributed by atoms with E-state index in [0.29, 0.717) is 11.3 Å². The van der Waals surface area contributed by atoms with Gasteiger partial charge in [-0.15, -0.1) is 0 Å². The van der Waals surface area contributed by atoms with Crippen molar-refractivity contribution >= 4 is 23.2 Å². The molecule has 2 aromatic carbocycles. The molecule has 0 aromatic heterocycles.